The summed E-state index contributed by atoms with van der Waals surface area (Å²) in [6.07, 6.45) is 2.52. The van der Waals surface area contributed by atoms with Crippen LogP contribution in [0.25, 0.3) is 0 Å². The number of hydrogen-bond donors (Lipinski definition) is 1. The van der Waals surface area contributed by atoms with E-state index < -0.39 is 5.97 Å². The molecule has 0 aromatic carbocycles. The van der Waals surface area contributed by atoms with E-state index in [1.54, 1.807) is 4.90 Å². The van der Waals surface area contributed by atoms with Gasteiger partial charge in [0.15, 0.2) is 0 Å². The smallest absolute Gasteiger partial charge is 0.320 e. The summed E-state index contributed by atoms with van der Waals surface area (Å²) in [5.74, 6) is 0.937. The van der Waals surface area contributed by atoms with Gasteiger partial charge in [0.1, 0.15) is 0 Å². The Morgan fingerprint density at radius 3 is 2.61 bits per heavy atom. The van der Waals surface area contributed by atoms with Crippen LogP contribution < -0.4 is 0 Å². The summed E-state index contributed by atoms with van der Waals surface area (Å²) in [5, 5.41) is 9.04. The maximum absolute atomic E-state index is 12.3. The van der Waals surface area contributed by atoms with Gasteiger partial charge in [-0.3, -0.25) is 4.79 Å². The van der Waals surface area contributed by atoms with Gasteiger partial charge in [-0.05, 0) is 25.0 Å². The Morgan fingerprint density at radius 2 is 1.83 bits per heavy atom. The number of aliphatic carboxylic acids is 1. The zero-order valence-corrected chi connectivity index (χ0v) is 11.3. The van der Waals surface area contributed by atoms with Gasteiger partial charge >= 0.3 is 12.0 Å². The molecule has 0 aromatic rings. The molecule has 1 unspecified atom stereocenters. The van der Waals surface area contributed by atoms with Gasteiger partial charge in [0, 0.05) is 31.9 Å². The molecule has 2 rings (SSSR count). The minimum atomic E-state index is -0.779. The Morgan fingerprint density at radius 1 is 1.06 bits per heavy atom. The number of amides is 2. The predicted molar refractivity (Wildman–Crippen MR) is 70.8 cm³/mol. The summed E-state index contributed by atoms with van der Waals surface area (Å²) in [6, 6.07) is 0.0310. The van der Waals surface area contributed by atoms with Crippen LogP contribution in [0.4, 0.5) is 4.79 Å². The number of carbonyl (C=O) groups excluding carboxylic acids is 1. The number of hydrogen-bond acceptors (Lipinski definition) is 3. The van der Waals surface area contributed by atoms with E-state index in [1.807, 2.05) is 16.7 Å². The minimum absolute atomic E-state index is 0.0310. The molecule has 0 spiro atoms. The molecule has 5 nitrogen and oxygen atoms in total. The van der Waals surface area contributed by atoms with Gasteiger partial charge < -0.3 is 14.9 Å². The molecule has 2 amide bonds. The molecule has 2 saturated heterocycles. The van der Waals surface area contributed by atoms with Crippen LogP contribution in [0.5, 0.6) is 0 Å². The Bertz CT molecular complexity index is 316. The molecule has 0 aromatic heterocycles. The van der Waals surface area contributed by atoms with E-state index in [-0.39, 0.29) is 11.9 Å². The van der Waals surface area contributed by atoms with Crippen LogP contribution in [0.3, 0.4) is 0 Å². The molecule has 1 atom stereocenters. The second-order valence-corrected chi connectivity index (χ2v) is 6.08. The zero-order valence-electron chi connectivity index (χ0n) is 10.5. The molecule has 0 saturated carbocycles. The summed E-state index contributed by atoms with van der Waals surface area (Å²) in [5.41, 5.74) is 0. The first-order chi connectivity index (χ1) is 8.68. The number of urea groups is 1. The van der Waals surface area contributed by atoms with Crippen molar-refractivity contribution in [2.75, 3.05) is 37.7 Å². The SMILES string of the molecule is O=C(O)C1CCCN(C(=O)N2CCCSCC2)C1. The fourth-order valence-electron chi connectivity index (χ4n) is 2.49. The van der Waals surface area contributed by atoms with Gasteiger partial charge in [0.2, 0.25) is 0 Å². The maximum Gasteiger partial charge on any atom is 0.320 e. The first-order valence-electron chi connectivity index (χ1n) is 6.53. The molecule has 18 heavy (non-hydrogen) atoms. The quantitative estimate of drug-likeness (QED) is 0.782. The molecule has 1 N–H and O–H groups in total. The van der Waals surface area contributed by atoms with Crippen LogP contribution in [0.2, 0.25) is 0 Å². The molecule has 0 bridgehead atoms. The highest BCUT2D eigenvalue weighted by atomic mass is 32.2. The van der Waals surface area contributed by atoms with Gasteiger partial charge in [0.05, 0.1) is 5.92 Å². The molecule has 0 radical (unpaired) electrons. The van der Waals surface area contributed by atoms with Crippen LogP contribution >= 0.6 is 11.8 Å². The van der Waals surface area contributed by atoms with Crippen molar-refractivity contribution >= 4 is 23.8 Å². The molecule has 6 heteroatoms. The Hall–Kier alpha value is -0.910. The molecule has 2 aliphatic rings. The average Bonchev–Trinajstić information content (AvgIpc) is 2.67. The van der Waals surface area contributed by atoms with Gasteiger partial charge in [-0.2, -0.15) is 11.8 Å². The first kappa shape index (κ1) is 13.5. The second kappa shape index (κ2) is 6.31. The average molecular weight is 272 g/mol. The normalized spacial score (nSPS) is 25.7. The lowest BCUT2D eigenvalue weighted by Crippen LogP contribution is -2.49. The minimum Gasteiger partial charge on any atom is -0.481 e. The van der Waals surface area contributed by atoms with Gasteiger partial charge in [0.25, 0.3) is 0 Å². The number of piperidine rings is 1. The predicted octanol–water partition coefficient (Wildman–Crippen LogP) is 1.34. The van der Waals surface area contributed by atoms with E-state index in [1.165, 1.54) is 0 Å². The third-order valence-electron chi connectivity index (χ3n) is 3.53. The van der Waals surface area contributed by atoms with Gasteiger partial charge in [-0.1, -0.05) is 0 Å². The second-order valence-electron chi connectivity index (χ2n) is 4.86. The lowest BCUT2D eigenvalue weighted by molar-refractivity contribution is -0.143. The van der Waals surface area contributed by atoms with Crippen molar-refractivity contribution in [3.63, 3.8) is 0 Å². The van der Waals surface area contributed by atoms with Crippen molar-refractivity contribution in [1.29, 1.82) is 0 Å². The van der Waals surface area contributed by atoms with Crippen LogP contribution in [-0.4, -0.2) is 64.6 Å². The van der Waals surface area contributed by atoms with E-state index in [9.17, 15) is 9.59 Å². The van der Waals surface area contributed by atoms with Gasteiger partial charge in [-0.15, -0.1) is 0 Å². The number of carboxylic acid groups (broad SMARTS) is 1. The fraction of sp³-hybridized carbons (Fsp3) is 0.833. The monoisotopic (exact) mass is 272 g/mol. The molecule has 102 valence electrons. The zero-order chi connectivity index (χ0) is 13.0. The number of rotatable bonds is 1. The van der Waals surface area contributed by atoms with Crippen molar-refractivity contribution in [2.24, 2.45) is 5.92 Å². The van der Waals surface area contributed by atoms with E-state index in [0.717, 1.165) is 37.4 Å². The van der Waals surface area contributed by atoms with Crippen molar-refractivity contribution in [1.82, 2.24) is 9.80 Å². The van der Waals surface area contributed by atoms with Crippen molar-refractivity contribution in [2.45, 2.75) is 19.3 Å². The lowest BCUT2D eigenvalue weighted by atomic mass is 9.99. The molecule has 2 aliphatic heterocycles. The largest absolute Gasteiger partial charge is 0.481 e. The number of thioether (sulfide) groups is 1. The van der Waals surface area contributed by atoms with Crippen molar-refractivity contribution in [3.8, 4) is 0 Å². The van der Waals surface area contributed by atoms with Crippen LogP contribution in [0.1, 0.15) is 19.3 Å². The highest BCUT2D eigenvalue weighted by molar-refractivity contribution is 7.99. The van der Waals surface area contributed by atoms with Crippen molar-refractivity contribution in [3.05, 3.63) is 0 Å². The summed E-state index contributed by atoms with van der Waals surface area (Å²) in [6.45, 7) is 2.67. The highest BCUT2D eigenvalue weighted by Crippen LogP contribution is 2.19. The fourth-order valence-corrected chi connectivity index (χ4v) is 3.38. The number of nitrogens with zero attached hydrogens (tertiary/aromatic N) is 2. The van der Waals surface area contributed by atoms with E-state index in [0.29, 0.717) is 19.5 Å². The summed E-state index contributed by atoms with van der Waals surface area (Å²) in [4.78, 5) is 26.9. The number of carbonyl (C=O) groups is 2. The summed E-state index contributed by atoms with van der Waals surface area (Å²) < 4.78 is 0. The van der Waals surface area contributed by atoms with E-state index >= 15 is 0 Å². The molecular formula is C12H20N2O3S. The standard InChI is InChI=1S/C12H20N2O3S/c15-11(16)10-3-1-4-14(9-10)12(17)13-5-2-7-18-8-6-13/h10H,1-9H2,(H,15,16). The topological polar surface area (TPSA) is 60.9 Å². The third-order valence-corrected chi connectivity index (χ3v) is 4.58. The third kappa shape index (κ3) is 3.31. The van der Waals surface area contributed by atoms with Crippen LogP contribution in [0.15, 0.2) is 0 Å². The van der Waals surface area contributed by atoms with E-state index in [4.69, 9.17) is 5.11 Å². The first-order valence-corrected chi connectivity index (χ1v) is 7.68. The molecule has 2 fully saturated rings. The molecule has 0 aliphatic carbocycles. The molecule has 2 heterocycles. The summed E-state index contributed by atoms with van der Waals surface area (Å²) in [7, 11) is 0. The lowest BCUT2D eigenvalue weighted by Gasteiger charge is -2.34. The Balaban J connectivity index is 1.92. The Labute approximate surface area is 112 Å². The molecular weight excluding hydrogens is 252 g/mol. The van der Waals surface area contributed by atoms with Crippen LogP contribution in [0, 0.1) is 5.92 Å². The number of likely N-dealkylation sites (tertiary alicyclic amines) is 1. The van der Waals surface area contributed by atoms with Crippen LogP contribution in [-0.2, 0) is 4.79 Å². The number of carboxylic acids is 1. The van der Waals surface area contributed by atoms with E-state index in [2.05, 4.69) is 0 Å². The summed E-state index contributed by atoms with van der Waals surface area (Å²) >= 11 is 1.88. The Kier molecular flexibility index (Phi) is 4.74. The highest BCUT2D eigenvalue weighted by Gasteiger charge is 2.30. The van der Waals surface area contributed by atoms with Crippen molar-refractivity contribution < 1.29 is 14.7 Å². The van der Waals surface area contributed by atoms with Gasteiger partial charge in [-0.25, -0.2) is 4.79 Å². The maximum atomic E-state index is 12.3.